The maximum absolute atomic E-state index is 12.9. The fraction of sp³-hybridized carbons (Fsp3) is 0.714. The Bertz CT molecular complexity index is 712. The van der Waals surface area contributed by atoms with E-state index in [9.17, 15) is 9.59 Å². The highest BCUT2D eigenvalue weighted by Gasteiger charge is 2.34. The van der Waals surface area contributed by atoms with Gasteiger partial charge in [-0.15, -0.1) is 0 Å². The Labute approximate surface area is 172 Å². The van der Waals surface area contributed by atoms with E-state index in [1.54, 1.807) is 12.4 Å². The maximum Gasteiger partial charge on any atom is 0.256 e. The van der Waals surface area contributed by atoms with Gasteiger partial charge in [-0.1, -0.05) is 0 Å². The lowest BCUT2D eigenvalue weighted by Crippen LogP contribution is -2.53. The molecule has 0 spiro atoms. The van der Waals surface area contributed by atoms with Gasteiger partial charge in [-0.25, -0.2) is 9.97 Å². The Hall–Kier alpha value is -2.06. The molecule has 0 bridgehead atoms. The zero-order valence-electron chi connectivity index (χ0n) is 17.3. The number of carbonyl (C=O) groups excluding carboxylic acids is 2. The Morgan fingerprint density at radius 3 is 2.34 bits per heavy atom. The molecule has 8 heteroatoms. The first-order valence-electron chi connectivity index (χ1n) is 10.8. The van der Waals surface area contributed by atoms with E-state index >= 15 is 0 Å². The van der Waals surface area contributed by atoms with Crippen LogP contribution < -0.4 is 0 Å². The van der Waals surface area contributed by atoms with E-state index in [1.807, 2.05) is 16.7 Å². The van der Waals surface area contributed by atoms with E-state index in [-0.39, 0.29) is 11.8 Å². The summed E-state index contributed by atoms with van der Waals surface area (Å²) in [5.74, 6) is 1.09. The van der Waals surface area contributed by atoms with Gasteiger partial charge in [0.15, 0.2) is 0 Å². The van der Waals surface area contributed by atoms with Gasteiger partial charge in [0.05, 0.1) is 24.7 Å². The van der Waals surface area contributed by atoms with Crippen LogP contribution in [0.25, 0.3) is 0 Å². The second-order valence-electron chi connectivity index (χ2n) is 8.31. The van der Waals surface area contributed by atoms with Gasteiger partial charge in [-0.2, -0.15) is 0 Å². The first kappa shape index (κ1) is 20.2. The zero-order chi connectivity index (χ0) is 20.2. The Morgan fingerprint density at radius 1 is 0.966 bits per heavy atom. The molecule has 0 aromatic carbocycles. The molecule has 0 aliphatic carbocycles. The average molecular weight is 402 g/mol. The Balaban J connectivity index is 1.29. The van der Waals surface area contributed by atoms with Crippen LogP contribution in [0.1, 0.15) is 41.9 Å². The van der Waals surface area contributed by atoms with Crippen molar-refractivity contribution in [3.8, 4) is 0 Å². The first-order valence-corrected chi connectivity index (χ1v) is 10.8. The minimum Gasteiger partial charge on any atom is -0.378 e. The number of hydrogen-bond donors (Lipinski definition) is 0. The van der Waals surface area contributed by atoms with Crippen molar-refractivity contribution >= 4 is 11.8 Å². The molecule has 0 saturated carbocycles. The molecule has 4 heterocycles. The summed E-state index contributed by atoms with van der Waals surface area (Å²) in [5, 5.41) is 0. The number of aromatic nitrogens is 2. The van der Waals surface area contributed by atoms with E-state index in [1.165, 1.54) is 0 Å². The van der Waals surface area contributed by atoms with Crippen molar-refractivity contribution in [3.63, 3.8) is 0 Å². The van der Waals surface area contributed by atoms with Crippen LogP contribution in [-0.4, -0.2) is 95.0 Å². The van der Waals surface area contributed by atoms with Gasteiger partial charge in [0.25, 0.3) is 5.91 Å². The van der Waals surface area contributed by atoms with Crippen LogP contribution in [-0.2, 0) is 9.53 Å². The highest BCUT2D eigenvalue weighted by Crippen LogP contribution is 2.26. The zero-order valence-corrected chi connectivity index (χ0v) is 17.3. The van der Waals surface area contributed by atoms with Gasteiger partial charge in [0.1, 0.15) is 5.82 Å². The summed E-state index contributed by atoms with van der Waals surface area (Å²) in [5.41, 5.74) is 0.559. The summed E-state index contributed by atoms with van der Waals surface area (Å²) in [7, 11) is 0. The quantitative estimate of drug-likeness (QED) is 0.751. The van der Waals surface area contributed by atoms with E-state index < -0.39 is 0 Å². The van der Waals surface area contributed by atoms with Crippen molar-refractivity contribution in [2.45, 2.75) is 38.6 Å². The maximum atomic E-state index is 12.9. The molecule has 158 valence electrons. The van der Waals surface area contributed by atoms with Crippen molar-refractivity contribution in [1.82, 2.24) is 24.7 Å². The van der Waals surface area contributed by atoms with Crippen molar-refractivity contribution in [2.75, 3.05) is 52.5 Å². The van der Waals surface area contributed by atoms with Crippen molar-refractivity contribution in [1.29, 1.82) is 0 Å². The van der Waals surface area contributed by atoms with Gasteiger partial charge < -0.3 is 14.5 Å². The van der Waals surface area contributed by atoms with Crippen molar-refractivity contribution in [2.24, 2.45) is 5.92 Å². The van der Waals surface area contributed by atoms with E-state index in [0.29, 0.717) is 36.6 Å². The molecule has 1 atom stereocenters. The molecule has 1 aromatic rings. The lowest BCUT2D eigenvalue weighted by atomic mass is 9.92. The molecule has 3 saturated heterocycles. The smallest absolute Gasteiger partial charge is 0.256 e. The molecular weight excluding hydrogens is 370 g/mol. The monoisotopic (exact) mass is 401 g/mol. The van der Waals surface area contributed by atoms with Gasteiger partial charge in [0, 0.05) is 51.2 Å². The van der Waals surface area contributed by atoms with Gasteiger partial charge in [-0.3, -0.25) is 14.5 Å². The normalized spacial score (nSPS) is 24.5. The second kappa shape index (κ2) is 9.17. The molecule has 29 heavy (non-hydrogen) atoms. The largest absolute Gasteiger partial charge is 0.378 e. The fourth-order valence-electron chi connectivity index (χ4n) is 4.70. The molecule has 3 aliphatic rings. The van der Waals surface area contributed by atoms with Crippen LogP contribution in [0, 0.1) is 12.8 Å². The molecule has 2 amide bonds. The molecule has 0 N–H and O–H groups in total. The highest BCUT2D eigenvalue weighted by atomic mass is 16.5. The third-order valence-electron chi connectivity index (χ3n) is 6.42. The third kappa shape index (κ3) is 4.75. The van der Waals surface area contributed by atoms with E-state index in [2.05, 4.69) is 14.9 Å². The summed E-state index contributed by atoms with van der Waals surface area (Å²) in [6.45, 7) is 7.96. The molecule has 0 unspecified atom stereocenters. The minimum absolute atomic E-state index is 0.0162. The lowest BCUT2D eigenvalue weighted by molar-refractivity contribution is -0.141. The molecule has 1 aromatic heterocycles. The number of morpholine rings is 1. The number of hydrogen-bond acceptors (Lipinski definition) is 6. The summed E-state index contributed by atoms with van der Waals surface area (Å²) in [6, 6.07) is 0.452. The van der Waals surface area contributed by atoms with Crippen LogP contribution in [0.5, 0.6) is 0 Å². The van der Waals surface area contributed by atoms with Gasteiger partial charge >= 0.3 is 0 Å². The van der Waals surface area contributed by atoms with Gasteiger partial charge in [-0.05, 0) is 39.2 Å². The molecule has 0 radical (unpaired) electrons. The number of piperidine rings is 2. The van der Waals surface area contributed by atoms with Crippen LogP contribution in [0.2, 0.25) is 0 Å². The number of ether oxygens (including phenoxy) is 1. The predicted octanol–water partition coefficient (Wildman–Crippen LogP) is 0.960. The Morgan fingerprint density at radius 2 is 1.66 bits per heavy atom. The highest BCUT2D eigenvalue weighted by molar-refractivity contribution is 5.93. The van der Waals surface area contributed by atoms with Gasteiger partial charge in [0.2, 0.25) is 5.91 Å². The molecule has 3 fully saturated rings. The standard InChI is InChI=1S/C21H31N5O3/c1-16-22-13-18(14-23-16)21(28)24-7-4-19(5-8-24)26-6-2-3-17(15-26)20(27)25-9-11-29-12-10-25/h13-14,17,19H,2-12,15H2,1H3/t17-/m0/s1. The number of carbonyl (C=O) groups is 2. The Kier molecular flexibility index (Phi) is 6.40. The number of nitrogens with zero attached hydrogens (tertiary/aromatic N) is 5. The molecule has 3 aliphatic heterocycles. The summed E-state index contributed by atoms with van der Waals surface area (Å²) in [4.78, 5) is 40.2. The molecule has 4 rings (SSSR count). The fourth-order valence-corrected chi connectivity index (χ4v) is 4.70. The van der Waals surface area contributed by atoms with Crippen LogP contribution in [0.15, 0.2) is 12.4 Å². The van der Waals surface area contributed by atoms with Crippen LogP contribution >= 0.6 is 0 Å². The van der Waals surface area contributed by atoms with E-state index in [4.69, 9.17) is 4.74 Å². The third-order valence-corrected chi connectivity index (χ3v) is 6.42. The molecular formula is C21H31N5O3. The summed E-state index contributed by atoms with van der Waals surface area (Å²) >= 11 is 0. The first-order chi connectivity index (χ1) is 14.1. The number of aryl methyl sites for hydroxylation is 1. The molecule has 8 nitrogen and oxygen atoms in total. The predicted molar refractivity (Wildman–Crippen MR) is 107 cm³/mol. The summed E-state index contributed by atoms with van der Waals surface area (Å²) in [6.07, 6.45) is 7.19. The number of amides is 2. The number of likely N-dealkylation sites (tertiary alicyclic amines) is 2. The lowest BCUT2D eigenvalue weighted by Gasteiger charge is -2.43. The van der Waals surface area contributed by atoms with Crippen LogP contribution in [0.4, 0.5) is 0 Å². The van der Waals surface area contributed by atoms with Crippen LogP contribution in [0.3, 0.4) is 0 Å². The van der Waals surface area contributed by atoms with Crippen molar-refractivity contribution in [3.05, 3.63) is 23.8 Å². The second-order valence-corrected chi connectivity index (χ2v) is 8.31. The SMILES string of the molecule is Cc1ncc(C(=O)N2CCC(N3CCC[C@H](C(=O)N4CCOCC4)C3)CC2)cn1. The average Bonchev–Trinajstić information content (AvgIpc) is 2.79. The summed E-state index contributed by atoms with van der Waals surface area (Å²) < 4.78 is 5.38. The topological polar surface area (TPSA) is 78.9 Å². The van der Waals surface area contributed by atoms with Crippen molar-refractivity contribution < 1.29 is 14.3 Å². The number of rotatable bonds is 3. The van der Waals surface area contributed by atoms with E-state index in [0.717, 1.165) is 65.0 Å². The minimum atomic E-state index is 0.0162.